The lowest BCUT2D eigenvalue weighted by atomic mass is 9.87. The third-order valence-corrected chi connectivity index (χ3v) is 10.7. The van der Waals surface area contributed by atoms with E-state index in [1.165, 1.54) is 0 Å². The normalized spacial score (nSPS) is 37.2. The second-order valence-corrected chi connectivity index (χ2v) is 15.3. The molecule has 30 heteroatoms. The molecule has 0 bridgehead atoms. The zero-order valence-corrected chi connectivity index (χ0v) is 33.8. The predicted octanol–water partition coefficient (Wildman–Crippen LogP) is -12.4. The molecule has 372 valence electrons. The fourth-order valence-electron chi connectivity index (χ4n) is 7.35. The van der Waals surface area contributed by atoms with Gasteiger partial charge in [0.25, 0.3) is 11.6 Å². The molecule has 0 saturated carbocycles. The summed E-state index contributed by atoms with van der Waals surface area (Å²) >= 11 is 0. The van der Waals surface area contributed by atoms with E-state index in [1.807, 2.05) is 5.32 Å². The third-order valence-electron chi connectivity index (χ3n) is 10.7. The Balaban J connectivity index is 2.11. The van der Waals surface area contributed by atoms with Crippen molar-refractivity contribution in [2.75, 3.05) is 39.6 Å². The Morgan fingerprint density at radius 1 is 0.688 bits per heavy atom. The summed E-state index contributed by atoms with van der Waals surface area (Å²) in [5, 5.41) is 192. The first kappa shape index (κ1) is 55.3. The fourth-order valence-corrected chi connectivity index (χ4v) is 7.35. The van der Waals surface area contributed by atoms with Gasteiger partial charge in [-0.25, -0.2) is 9.59 Å². The highest BCUT2D eigenvalue weighted by atomic mass is 16.8. The van der Waals surface area contributed by atoms with Crippen molar-refractivity contribution >= 4 is 23.8 Å². The van der Waals surface area contributed by atoms with Gasteiger partial charge < -0.3 is 131 Å². The Bertz CT molecular complexity index is 1530. The predicted molar refractivity (Wildman–Crippen MR) is 195 cm³/mol. The second kappa shape index (κ2) is 23.6. The van der Waals surface area contributed by atoms with Crippen LogP contribution < -0.4 is 10.6 Å². The van der Waals surface area contributed by atoms with E-state index in [0.717, 1.165) is 6.92 Å². The van der Waals surface area contributed by atoms with Gasteiger partial charge in [0.1, 0.15) is 92.1 Å². The van der Waals surface area contributed by atoms with E-state index in [9.17, 15) is 111 Å². The van der Waals surface area contributed by atoms with Crippen molar-refractivity contribution in [2.24, 2.45) is 0 Å². The average molecular weight is 943 g/mol. The van der Waals surface area contributed by atoms with Gasteiger partial charge in [-0.2, -0.15) is 0 Å². The summed E-state index contributed by atoms with van der Waals surface area (Å²) in [7, 11) is 0. The number of carboxylic acid groups (broad SMARTS) is 2. The summed E-state index contributed by atoms with van der Waals surface area (Å²) in [6, 6.07) is -3.77. The highest BCUT2D eigenvalue weighted by Gasteiger charge is 2.62. The van der Waals surface area contributed by atoms with Crippen LogP contribution in [0, 0.1) is 0 Å². The molecular weight excluding hydrogens is 884 g/mol. The molecule has 3 saturated heterocycles. The Labute approximate surface area is 360 Å². The van der Waals surface area contributed by atoms with Crippen LogP contribution in [0.3, 0.4) is 0 Å². The molecule has 3 rings (SSSR count). The van der Waals surface area contributed by atoms with Gasteiger partial charge in [0.2, 0.25) is 11.8 Å². The molecule has 3 heterocycles. The fraction of sp³-hybridized carbons (Fsp3) is 0.882. The van der Waals surface area contributed by atoms with Crippen LogP contribution in [0.15, 0.2) is 0 Å². The van der Waals surface area contributed by atoms with E-state index >= 15 is 0 Å². The maximum Gasteiger partial charge on any atom is 0.364 e. The second-order valence-electron chi connectivity index (χ2n) is 15.3. The van der Waals surface area contributed by atoms with Gasteiger partial charge in [0.05, 0.1) is 57.3 Å². The maximum absolute atomic E-state index is 13.1. The molecule has 0 radical (unpaired) electrons. The lowest BCUT2D eigenvalue weighted by Gasteiger charge is -2.51. The number of rotatable bonds is 23. The number of aliphatic hydroxyl groups excluding tert-OH is 16. The maximum atomic E-state index is 13.1. The van der Waals surface area contributed by atoms with Crippen LogP contribution in [0.5, 0.6) is 0 Å². The molecule has 0 aromatic carbocycles. The van der Waals surface area contributed by atoms with Gasteiger partial charge in [0.15, 0.2) is 6.29 Å². The zero-order chi connectivity index (χ0) is 48.6. The molecule has 0 spiro atoms. The minimum Gasteiger partial charge on any atom is -0.477 e. The van der Waals surface area contributed by atoms with Gasteiger partial charge in [-0.05, 0) is 0 Å². The number of carbonyl (C=O) groups excluding carboxylic acids is 2. The van der Waals surface area contributed by atoms with E-state index in [1.54, 1.807) is 0 Å². The summed E-state index contributed by atoms with van der Waals surface area (Å²) < 4.78 is 32.9. The van der Waals surface area contributed by atoms with Crippen LogP contribution >= 0.6 is 0 Å². The van der Waals surface area contributed by atoms with Crippen LogP contribution in [0.2, 0.25) is 0 Å². The highest BCUT2D eigenvalue weighted by Crippen LogP contribution is 2.40. The summed E-state index contributed by atoms with van der Waals surface area (Å²) in [6.45, 7) is -6.48. The summed E-state index contributed by atoms with van der Waals surface area (Å²) in [6.07, 6.45) is -40.9. The first-order valence-electron chi connectivity index (χ1n) is 19.4. The van der Waals surface area contributed by atoms with E-state index in [-0.39, 0.29) is 0 Å². The van der Waals surface area contributed by atoms with E-state index in [2.05, 4.69) is 5.32 Å². The third kappa shape index (κ3) is 12.3. The largest absolute Gasteiger partial charge is 0.477 e. The number of ether oxygens (including phenoxy) is 6. The van der Waals surface area contributed by atoms with Crippen molar-refractivity contribution in [1.29, 1.82) is 0 Å². The van der Waals surface area contributed by atoms with Gasteiger partial charge in [0, 0.05) is 19.8 Å². The van der Waals surface area contributed by atoms with Gasteiger partial charge >= 0.3 is 11.9 Å². The molecule has 3 aliphatic rings. The van der Waals surface area contributed by atoms with Gasteiger partial charge in [-0.1, -0.05) is 0 Å². The molecule has 2 amide bonds. The quantitative estimate of drug-likeness (QED) is 0.0452. The molecule has 64 heavy (non-hydrogen) atoms. The first-order chi connectivity index (χ1) is 29.9. The van der Waals surface area contributed by atoms with Crippen molar-refractivity contribution in [3.63, 3.8) is 0 Å². The number of hydrogen-bond donors (Lipinski definition) is 20. The molecule has 30 nitrogen and oxygen atoms in total. The van der Waals surface area contributed by atoms with Gasteiger partial charge in [-0.15, -0.1) is 0 Å². The first-order valence-corrected chi connectivity index (χ1v) is 19.4. The van der Waals surface area contributed by atoms with Crippen molar-refractivity contribution < 1.29 is 140 Å². The van der Waals surface area contributed by atoms with Crippen LogP contribution in [-0.4, -0.2) is 283 Å². The Kier molecular flexibility index (Phi) is 20.4. The number of hydrogen-bond acceptors (Lipinski definition) is 26. The van der Waals surface area contributed by atoms with Crippen molar-refractivity contribution in [2.45, 2.75) is 147 Å². The Hall–Kier alpha value is -3.00. The number of carbonyl (C=O) groups is 4. The Morgan fingerprint density at radius 2 is 1.20 bits per heavy atom. The summed E-state index contributed by atoms with van der Waals surface area (Å²) in [5.74, 6) is -13.3. The van der Waals surface area contributed by atoms with Crippen LogP contribution in [0.4, 0.5) is 0 Å². The molecule has 0 aromatic rings. The lowest BCUT2D eigenvalue weighted by Crippen LogP contribution is -2.72. The summed E-state index contributed by atoms with van der Waals surface area (Å²) in [4.78, 5) is 50.4. The molecule has 0 aromatic heterocycles. The number of carboxylic acids is 2. The van der Waals surface area contributed by atoms with Crippen molar-refractivity contribution in [3.05, 3.63) is 0 Å². The highest BCUT2D eigenvalue weighted by molar-refractivity contribution is 5.78. The number of amides is 2. The SMILES string of the molecule is CC(=O)N[C@H]1[C@H]([C@H](O)[C@H](O)CO)O[C@@](O[C@H](CO)[C@@H](O)[C@@H]2O[C@@](O[C@H]3[C@@H](O)[C@@H](CO)O[C@@H](O[C@@H]([C@H](O)[C@@H](O)CO)[C@H](O)CO)[C@@H]3O)(C(=O)O)C[C@H](O)[C@H]2NC(=O)CO)(C(=O)O)C[C@@H]1O. The Morgan fingerprint density at radius 3 is 1.69 bits per heavy atom. The van der Waals surface area contributed by atoms with Crippen LogP contribution in [0.25, 0.3) is 0 Å². The standard InChI is InChI=1S/C34H58N2O28/c1-10(43)35-19-11(44)2-33(31(55)56,62-27(19)22(51)14(47)5-38)61-17(8-41)24(53)28-20(36-18(49)9-42)12(45)3-34(63-28,32(57)58)64-29-23(52)16(7-40)59-30(25(29)54)60-26(15(48)6-39)21(50)13(46)4-37/h11-17,19-30,37-42,44-48,50-54H,2-9H2,1H3,(H,35,43)(H,36,49)(H,55,56)(H,57,58)/t11-,12-,13-,14+,15+,16+,17+,19+,20+,21+,22+,23-,24+,25+,26+,27+,28+,29-,30-,33+,34-/m0/s1. The van der Waals surface area contributed by atoms with E-state index in [4.69, 9.17) is 28.4 Å². The molecule has 0 unspecified atom stereocenters. The monoisotopic (exact) mass is 942 g/mol. The minimum absolute atomic E-state index is 0.860. The topological polar surface area (TPSA) is 512 Å². The smallest absolute Gasteiger partial charge is 0.364 e. The molecule has 20 N–H and O–H groups in total. The summed E-state index contributed by atoms with van der Waals surface area (Å²) in [5.41, 5.74) is 0. The molecular formula is C34H58N2O28. The van der Waals surface area contributed by atoms with E-state index < -0.39 is 204 Å². The molecule has 21 atom stereocenters. The van der Waals surface area contributed by atoms with Crippen LogP contribution in [0.1, 0.15) is 19.8 Å². The molecule has 3 fully saturated rings. The lowest BCUT2D eigenvalue weighted by molar-refractivity contribution is -0.380. The van der Waals surface area contributed by atoms with Gasteiger partial charge in [-0.3, -0.25) is 9.59 Å². The average Bonchev–Trinajstić information content (AvgIpc) is 3.26. The number of nitrogens with one attached hydrogen (secondary N) is 2. The van der Waals surface area contributed by atoms with Crippen LogP contribution in [-0.2, 0) is 47.6 Å². The zero-order valence-electron chi connectivity index (χ0n) is 33.8. The minimum atomic E-state index is -3.43. The van der Waals surface area contributed by atoms with Crippen molar-refractivity contribution in [1.82, 2.24) is 10.6 Å². The number of aliphatic carboxylic acids is 2. The number of aliphatic hydroxyl groups is 16. The molecule has 0 aliphatic carbocycles. The van der Waals surface area contributed by atoms with Crippen molar-refractivity contribution in [3.8, 4) is 0 Å². The van der Waals surface area contributed by atoms with E-state index in [0.29, 0.717) is 0 Å². The molecule has 3 aliphatic heterocycles.